The Bertz CT molecular complexity index is 333. The molecule has 0 unspecified atom stereocenters. The second-order valence-electron chi connectivity index (χ2n) is 6.17. The molecule has 0 aliphatic heterocycles. The number of unbranched alkanes of at least 4 members (excludes halogenated alkanes) is 2. The number of nitrogens with one attached hydrogen (secondary N) is 3. The molecule has 1 atom stereocenters. The van der Waals surface area contributed by atoms with Crippen molar-refractivity contribution < 1.29 is 9.90 Å². The highest BCUT2D eigenvalue weighted by atomic mass is 32.1. The minimum absolute atomic E-state index is 0.137. The molecule has 0 saturated heterocycles. The van der Waals surface area contributed by atoms with Crippen molar-refractivity contribution in [3.8, 4) is 0 Å². The van der Waals surface area contributed by atoms with Crippen molar-refractivity contribution >= 4 is 23.2 Å². The first-order chi connectivity index (χ1) is 10.6. The van der Waals surface area contributed by atoms with Crippen LogP contribution in [0, 0.1) is 0 Å². The van der Waals surface area contributed by atoms with Crippen molar-refractivity contribution in [2.24, 2.45) is 0 Å². The van der Waals surface area contributed by atoms with Crippen molar-refractivity contribution in [3.05, 3.63) is 0 Å². The zero-order valence-corrected chi connectivity index (χ0v) is 14.5. The van der Waals surface area contributed by atoms with Gasteiger partial charge in [-0.25, -0.2) is 0 Å². The van der Waals surface area contributed by atoms with E-state index in [1.165, 1.54) is 19.3 Å². The molecule has 4 N–H and O–H groups in total. The number of amides is 1. The van der Waals surface area contributed by atoms with Crippen LogP contribution in [0.25, 0.3) is 0 Å². The molecule has 22 heavy (non-hydrogen) atoms. The number of aliphatic hydroxyl groups is 1. The fourth-order valence-electron chi connectivity index (χ4n) is 2.73. The molecule has 1 aliphatic rings. The van der Waals surface area contributed by atoms with Crippen LogP contribution in [0.1, 0.15) is 77.6 Å². The van der Waals surface area contributed by atoms with Gasteiger partial charge in [0.2, 0.25) is 5.91 Å². The molecular weight excluding hydrogens is 298 g/mol. The number of thiocarbonyl (C=S) groups is 1. The van der Waals surface area contributed by atoms with Gasteiger partial charge in [0.25, 0.3) is 0 Å². The van der Waals surface area contributed by atoms with Crippen LogP contribution in [0.4, 0.5) is 0 Å². The van der Waals surface area contributed by atoms with Crippen LogP contribution in [-0.4, -0.2) is 28.3 Å². The fourth-order valence-corrected chi connectivity index (χ4v) is 2.95. The van der Waals surface area contributed by atoms with Gasteiger partial charge in [-0.1, -0.05) is 45.4 Å². The molecule has 0 bridgehead atoms. The van der Waals surface area contributed by atoms with Gasteiger partial charge in [0.05, 0.1) is 6.10 Å². The lowest BCUT2D eigenvalue weighted by molar-refractivity contribution is -0.122. The van der Waals surface area contributed by atoms with Crippen LogP contribution in [-0.2, 0) is 4.79 Å². The number of hydrogen-bond donors (Lipinski definition) is 4. The van der Waals surface area contributed by atoms with Gasteiger partial charge >= 0.3 is 0 Å². The number of hydrazine groups is 1. The van der Waals surface area contributed by atoms with Crippen LogP contribution >= 0.6 is 12.2 Å². The fraction of sp³-hybridized carbons (Fsp3) is 0.875. The van der Waals surface area contributed by atoms with Gasteiger partial charge in [-0.3, -0.25) is 15.6 Å². The van der Waals surface area contributed by atoms with E-state index in [1.54, 1.807) is 0 Å². The standard InChI is InChI=1S/C16H31N3O2S/c1-2-3-5-10-14(20)11-12-15(21)18-19-16(22)17-13-8-6-4-7-9-13/h13-14,20H,2-12H2,1H3,(H,18,21)(H2,17,19,22)/t14-/m0/s1. The highest BCUT2D eigenvalue weighted by Gasteiger charge is 2.14. The minimum atomic E-state index is -0.385. The summed E-state index contributed by atoms with van der Waals surface area (Å²) < 4.78 is 0. The Kier molecular flexibility index (Phi) is 10.2. The van der Waals surface area contributed by atoms with Gasteiger partial charge in [-0.2, -0.15) is 0 Å². The lowest BCUT2D eigenvalue weighted by Crippen LogP contribution is -2.50. The third-order valence-corrected chi connectivity index (χ3v) is 4.32. The Morgan fingerprint density at radius 3 is 2.59 bits per heavy atom. The maximum absolute atomic E-state index is 11.7. The zero-order valence-electron chi connectivity index (χ0n) is 13.7. The van der Waals surface area contributed by atoms with Crippen molar-refractivity contribution in [3.63, 3.8) is 0 Å². The summed E-state index contributed by atoms with van der Waals surface area (Å²) in [6.45, 7) is 2.13. The van der Waals surface area contributed by atoms with E-state index >= 15 is 0 Å². The minimum Gasteiger partial charge on any atom is -0.393 e. The highest BCUT2D eigenvalue weighted by Crippen LogP contribution is 2.17. The van der Waals surface area contributed by atoms with E-state index < -0.39 is 0 Å². The zero-order chi connectivity index (χ0) is 16.2. The van der Waals surface area contributed by atoms with E-state index in [2.05, 4.69) is 23.1 Å². The molecule has 128 valence electrons. The summed E-state index contributed by atoms with van der Waals surface area (Å²) >= 11 is 5.17. The molecule has 1 saturated carbocycles. The van der Waals surface area contributed by atoms with Crippen LogP contribution in [0.2, 0.25) is 0 Å². The predicted octanol–water partition coefficient (Wildman–Crippen LogP) is 2.54. The smallest absolute Gasteiger partial charge is 0.238 e. The Morgan fingerprint density at radius 1 is 1.18 bits per heavy atom. The molecule has 0 heterocycles. The molecule has 6 heteroatoms. The summed E-state index contributed by atoms with van der Waals surface area (Å²) in [6, 6.07) is 0.422. The first-order valence-electron chi connectivity index (χ1n) is 8.65. The molecule has 0 radical (unpaired) electrons. The normalized spacial score (nSPS) is 16.8. The summed E-state index contributed by atoms with van der Waals surface area (Å²) in [4.78, 5) is 11.7. The van der Waals surface area contributed by atoms with E-state index in [0.717, 1.165) is 38.5 Å². The van der Waals surface area contributed by atoms with E-state index in [0.29, 0.717) is 24.0 Å². The SMILES string of the molecule is CCCCC[C@H](O)CCC(=O)NNC(=S)NC1CCCCC1. The van der Waals surface area contributed by atoms with Crippen molar-refractivity contribution in [2.45, 2.75) is 89.7 Å². The van der Waals surface area contributed by atoms with Crippen LogP contribution in [0.3, 0.4) is 0 Å². The lowest BCUT2D eigenvalue weighted by Gasteiger charge is -2.24. The summed E-state index contributed by atoms with van der Waals surface area (Å²) in [5, 5.41) is 13.5. The Morgan fingerprint density at radius 2 is 1.91 bits per heavy atom. The number of rotatable bonds is 8. The third-order valence-electron chi connectivity index (χ3n) is 4.10. The molecule has 0 aromatic carbocycles. The topological polar surface area (TPSA) is 73.4 Å². The van der Waals surface area contributed by atoms with Gasteiger partial charge in [0.1, 0.15) is 0 Å². The largest absolute Gasteiger partial charge is 0.393 e. The molecule has 1 amide bonds. The summed E-state index contributed by atoms with van der Waals surface area (Å²) in [5.74, 6) is -0.137. The second kappa shape index (κ2) is 11.7. The highest BCUT2D eigenvalue weighted by molar-refractivity contribution is 7.80. The quantitative estimate of drug-likeness (QED) is 0.313. The van der Waals surface area contributed by atoms with E-state index in [4.69, 9.17) is 12.2 Å². The summed E-state index contributed by atoms with van der Waals surface area (Å²) in [6.07, 6.45) is 10.6. The number of aliphatic hydroxyl groups excluding tert-OH is 1. The molecule has 0 aromatic heterocycles. The van der Waals surface area contributed by atoms with Gasteiger partial charge in [-0.15, -0.1) is 0 Å². The van der Waals surface area contributed by atoms with Gasteiger partial charge in [0, 0.05) is 12.5 Å². The van der Waals surface area contributed by atoms with Crippen LogP contribution < -0.4 is 16.2 Å². The monoisotopic (exact) mass is 329 g/mol. The first-order valence-corrected chi connectivity index (χ1v) is 9.06. The average molecular weight is 330 g/mol. The van der Waals surface area contributed by atoms with E-state index in [-0.39, 0.29) is 12.0 Å². The van der Waals surface area contributed by atoms with Crippen LogP contribution in [0.15, 0.2) is 0 Å². The molecule has 1 fully saturated rings. The van der Waals surface area contributed by atoms with Crippen molar-refractivity contribution in [1.82, 2.24) is 16.2 Å². The van der Waals surface area contributed by atoms with E-state index in [1.807, 2.05) is 0 Å². The molecule has 0 aromatic rings. The maximum atomic E-state index is 11.7. The summed E-state index contributed by atoms with van der Waals surface area (Å²) in [7, 11) is 0. The third kappa shape index (κ3) is 9.20. The second-order valence-corrected chi connectivity index (χ2v) is 6.58. The molecule has 0 spiro atoms. The average Bonchev–Trinajstić information content (AvgIpc) is 2.52. The molecule has 1 rings (SSSR count). The van der Waals surface area contributed by atoms with Crippen molar-refractivity contribution in [2.75, 3.05) is 0 Å². The Hall–Kier alpha value is -0.880. The summed E-state index contributed by atoms with van der Waals surface area (Å²) in [5.41, 5.74) is 5.34. The van der Waals surface area contributed by atoms with Crippen molar-refractivity contribution in [1.29, 1.82) is 0 Å². The maximum Gasteiger partial charge on any atom is 0.238 e. The number of carbonyl (C=O) groups excluding carboxylic acids is 1. The molecular formula is C16H31N3O2S. The number of hydrogen-bond acceptors (Lipinski definition) is 3. The van der Waals surface area contributed by atoms with Gasteiger partial charge in [-0.05, 0) is 37.9 Å². The molecule has 1 aliphatic carbocycles. The Balaban J connectivity index is 2.05. The Labute approximate surface area is 139 Å². The molecule has 5 nitrogen and oxygen atoms in total. The number of carbonyl (C=O) groups is 1. The van der Waals surface area contributed by atoms with Gasteiger partial charge < -0.3 is 10.4 Å². The van der Waals surface area contributed by atoms with E-state index in [9.17, 15) is 9.90 Å². The predicted molar refractivity (Wildman–Crippen MR) is 93.3 cm³/mol. The van der Waals surface area contributed by atoms with Crippen LogP contribution in [0.5, 0.6) is 0 Å². The first kappa shape index (κ1) is 19.2. The van der Waals surface area contributed by atoms with Gasteiger partial charge in [0.15, 0.2) is 5.11 Å². The lowest BCUT2D eigenvalue weighted by atomic mass is 9.96.